The average molecular weight is 264 g/mol. The molecule has 102 valence electrons. The normalized spacial score (nSPS) is 14.0. The summed E-state index contributed by atoms with van der Waals surface area (Å²) in [6.45, 7) is 0.684. The Balaban J connectivity index is 2.84. The van der Waals surface area contributed by atoms with Gasteiger partial charge in [-0.25, -0.2) is 4.39 Å². The van der Waals surface area contributed by atoms with Gasteiger partial charge in [-0.3, -0.25) is 0 Å². The summed E-state index contributed by atoms with van der Waals surface area (Å²) in [7, 11) is 3.72. The second-order valence-electron chi connectivity index (χ2n) is 4.44. The second-order valence-corrected chi connectivity index (χ2v) is 4.44. The van der Waals surface area contributed by atoms with Crippen molar-refractivity contribution < 1.29 is 17.6 Å². The third-order valence-corrected chi connectivity index (χ3v) is 2.61. The Morgan fingerprint density at radius 2 is 1.89 bits per heavy atom. The van der Waals surface area contributed by atoms with Gasteiger partial charge >= 0.3 is 6.18 Å². The van der Waals surface area contributed by atoms with Crippen LogP contribution in [0.25, 0.3) is 0 Å². The summed E-state index contributed by atoms with van der Waals surface area (Å²) in [6, 6.07) is 2.36. The zero-order valence-electron chi connectivity index (χ0n) is 10.3. The van der Waals surface area contributed by atoms with Crippen LogP contribution in [0, 0.1) is 5.82 Å². The van der Waals surface area contributed by atoms with Crippen LogP contribution in [0.2, 0.25) is 0 Å². The van der Waals surface area contributed by atoms with E-state index in [1.165, 1.54) is 6.07 Å². The fourth-order valence-corrected chi connectivity index (χ4v) is 1.56. The fourth-order valence-electron chi connectivity index (χ4n) is 1.56. The standard InChI is InChI=1S/C12H16F4N2/c1-18(2)6-5-11(17)8-3-4-9(10(13)7-8)12(14,15)16/h3-4,7,11H,5-6,17H2,1-2H3. The zero-order chi connectivity index (χ0) is 13.9. The molecule has 0 aliphatic heterocycles. The molecule has 0 saturated heterocycles. The van der Waals surface area contributed by atoms with Crippen LogP contribution in [0.15, 0.2) is 18.2 Å². The Morgan fingerprint density at radius 1 is 1.28 bits per heavy atom. The molecular formula is C12H16F4N2. The predicted molar refractivity (Wildman–Crippen MR) is 61.5 cm³/mol. The SMILES string of the molecule is CN(C)CCC(N)c1ccc(C(F)(F)F)c(F)c1. The third-order valence-electron chi connectivity index (χ3n) is 2.61. The molecule has 0 bridgehead atoms. The molecule has 2 nitrogen and oxygen atoms in total. The topological polar surface area (TPSA) is 29.3 Å². The molecule has 0 amide bonds. The van der Waals surface area contributed by atoms with E-state index < -0.39 is 23.6 Å². The Morgan fingerprint density at radius 3 is 2.33 bits per heavy atom. The van der Waals surface area contributed by atoms with Crippen LogP contribution in [0.1, 0.15) is 23.6 Å². The van der Waals surface area contributed by atoms with Crippen molar-refractivity contribution in [3.8, 4) is 0 Å². The first-order valence-corrected chi connectivity index (χ1v) is 5.48. The van der Waals surface area contributed by atoms with E-state index in [-0.39, 0.29) is 0 Å². The van der Waals surface area contributed by atoms with E-state index in [1.54, 1.807) is 0 Å². The van der Waals surface area contributed by atoms with E-state index in [0.717, 1.165) is 12.1 Å². The highest BCUT2D eigenvalue weighted by molar-refractivity contribution is 5.28. The first kappa shape index (κ1) is 14.9. The molecule has 0 saturated carbocycles. The first-order valence-electron chi connectivity index (χ1n) is 5.48. The van der Waals surface area contributed by atoms with Crippen LogP contribution in [0.4, 0.5) is 17.6 Å². The van der Waals surface area contributed by atoms with Gasteiger partial charge in [0.05, 0.1) is 5.56 Å². The van der Waals surface area contributed by atoms with Crippen LogP contribution in [0.5, 0.6) is 0 Å². The van der Waals surface area contributed by atoms with Crippen LogP contribution in [-0.2, 0) is 6.18 Å². The van der Waals surface area contributed by atoms with Crippen molar-refractivity contribution in [2.75, 3.05) is 20.6 Å². The van der Waals surface area contributed by atoms with Gasteiger partial charge in [0, 0.05) is 6.04 Å². The van der Waals surface area contributed by atoms with Crippen LogP contribution >= 0.6 is 0 Å². The fraction of sp³-hybridized carbons (Fsp3) is 0.500. The smallest absolute Gasteiger partial charge is 0.324 e. The number of halogens is 4. The molecular weight excluding hydrogens is 248 g/mol. The summed E-state index contributed by atoms with van der Waals surface area (Å²) in [5, 5.41) is 0. The second kappa shape index (κ2) is 5.67. The third kappa shape index (κ3) is 3.96. The van der Waals surface area contributed by atoms with Crippen LogP contribution in [-0.4, -0.2) is 25.5 Å². The van der Waals surface area contributed by atoms with Crippen LogP contribution < -0.4 is 5.73 Å². The van der Waals surface area contributed by atoms with Gasteiger partial charge in [0.25, 0.3) is 0 Å². The van der Waals surface area contributed by atoms with Crippen molar-refractivity contribution in [1.82, 2.24) is 4.90 Å². The number of rotatable bonds is 4. The van der Waals surface area contributed by atoms with Crippen molar-refractivity contribution in [1.29, 1.82) is 0 Å². The number of benzene rings is 1. The molecule has 1 aromatic rings. The molecule has 0 spiro atoms. The van der Waals surface area contributed by atoms with Crippen molar-refractivity contribution in [2.24, 2.45) is 5.73 Å². The highest BCUT2D eigenvalue weighted by Gasteiger charge is 2.34. The van der Waals surface area contributed by atoms with Gasteiger partial charge in [0.1, 0.15) is 5.82 Å². The van der Waals surface area contributed by atoms with E-state index in [0.29, 0.717) is 18.5 Å². The predicted octanol–water partition coefficient (Wildman–Crippen LogP) is 2.80. The molecule has 0 aliphatic rings. The molecule has 1 atom stereocenters. The summed E-state index contributed by atoms with van der Waals surface area (Å²) in [5.41, 5.74) is 4.92. The Labute approximate surface area is 103 Å². The molecule has 0 aliphatic carbocycles. The molecule has 0 radical (unpaired) electrons. The van der Waals surface area contributed by atoms with Crippen molar-refractivity contribution in [3.05, 3.63) is 35.1 Å². The van der Waals surface area contributed by atoms with Gasteiger partial charge in [0.15, 0.2) is 0 Å². The minimum absolute atomic E-state index is 0.377. The van der Waals surface area contributed by atoms with E-state index in [4.69, 9.17) is 5.73 Å². The highest BCUT2D eigenvalue weighted by Crippen LogP contribution is 2.32. The number of nitrogens with zero attached hydrogens (tertiary/aromatic N) is 1. The van der Waals surface area contributed by atoms with Gasteiger partial charge < -0.3 is 10.6 Å². The lowest BCUT2D eigenvalue weighted by atomic mass is 10.0. The minimum Gasteiger partial charge on any atom is -0.324 e. The summed E-state index contributed by atoms with van der Waals surface area (Å²) >= 11 is 0. The largest absolute Gasteiger partial charge is 0.419 e. The van der Waals surface area contributed by atoms with E-state index in [9.17, 15) is 17.6 Å². The zero-order valence-corrected chi connectivity index (χ0v) is 10.3. The van der Waals surface area contributed by atoms with E-state index in [1.807, 2.05) is 19.0 Å². The summed E-state index contributed by atoms with van der Waals surface area (Å²) in [4.78, 5) is 1.90. The quantitative estimate of drug-likeness (QED) is 0.847. The van der Waals surface area contributed by atoms with Gasteiger partial charge in [-0.2, -0.15) is 13.2 Å². The van der Waals surface area contributed by atoms with Gasteiger partial charge in [-0.05, 0) is 44.8 Å². The highest BCUT2D eigenvalue weighted by atomic mass is 19.4. The lowest BCUT2D eigenvalue weighted by Crippen LogP contribution is -2.20. The maximum atomic E-state index is 13.3. The van der Waals surface area contributed by atoms with Crippen molar-refractivity contribution in [3.63, 3.8) is 0 Å². The summed E-state index contributed by atoms with van der Waals surface area (Å²) in [5.74, 6) is -1.28. The molecule has 2 N–H and O–H groups in total. The maximum Gasteiger partial charge on any atom is 0.419 e. The molecule has 0 fully saturated rings. The number of nitrogens with two attached hydrogens (primary N) is 1. The van der Waals surface area contributed by atoms with E-state index >= 15 is 0 Å². The first-order chi connectivity index (χ1) is 8.21. The van der Waals surface area contributed by atoms with E-state index in [2.05, 4.69) is 0 Å². The van der Waals surface area contributed by atoms with Crippen molar-refractivity contribution >= 4 is 0 Å². The Kier molecular flexibility index (Phi) is 4.70. The molecule has 18 heavy (non-hydrogen) atoms. The van der Waals surface area contributed by atoms with Crippen LogP contribution in [0.3, 0.4) is 0 Å². The molecule has 1 unspecified atom stereocenters. The molecule has 0 aromatic heterocycles. The van der Waals surface area contributed by atoms with Gasteiger partial charge in [0.2, 0.25) is 0 Å². The lowest BCUT2D eigenvalue weighted by Gasteiger charge is -2.16. The Bertz CT molecular complexity index is 402. The molecule has 6 heteroatoms. The summed E-state index contributed by atoms with van der Waals surface area (Å²) < 4.78 is 50.4. The lowest BCUT2D eigenvalue weighted by molar-refractivity contribution is -0.140. The van der Waals surface area contributed by atoms with Gasteiger partial charge in [-0.1, -0.05) is 6.07 Å². The Hall–Kier alpha value is -1.14. The molecule has 1 aromatic carbocycles. The minimum atomic E-state index is -4.67. The number of hydrogen-bond donors (Lipinski definition) is 1. The average Bonchev–Trinajstić information content (AvgIpc) is 2.23. The molecule has 1 rings (SSSR count). The van der Waals surface area contributed by atoms with Gasteiger partial charge in [-0.15, -0.1) is 0 Å². The van der Waals surface area contributed by atoms with Crippen molar-refractivity contribution in [2.45, 2.75) is 18.6 Å². The monoisotopic (exact) mass is 264 g/mol. The summed E-state index contributed by atoms with van der Waals surface area (Å²) in [6.07, 6.45) is -4.12. The number of alkyl halides is 3. The molecule has 0 heterocycles. The number of hydrogen-bond acceptors (Lipinski definition) is 2. The maximum absolute atomic E-state index is 13.3.